The van der Waals surface area contributed by atoms with Gasteiger partial charge < -0.3 is 4.52 Å². The largest absolute Gasteiger partial charge is 0.360 e. The summed E-state index contributed by atoms with van der Waals surface area (Å²) < 4.78 is 4.90. The Morgan fingerprint density at radius 1 is 1.04 bits per heavy atom. The molecule has 126 valence electrons. The number of nitrogens with zero attached hydrogens (tertiary/aromatic N) is 2. The van der Waals surface area contributed by atoms with Gasteiger partial charge in [-0.05, 0) is 24.6 Å². The topological polar surface area (TPSA) is 75.4 Å². The Labute approximate surface area is 145 Å². The predicted octanol–water partition coefficient (Wildman–Crippen LogP) is 3.15. The molecule has 1 heterocycles. The molecule has 3 aromatic rings. The summed E-state index contributed by atoms with van der Waals surface area (Å²) in [5, 5.41) is 6.14. The van der Waals surface area contributed by atoms with Crippen LogP contribution in [0, 0.1) is 6.92 Å². The molecule has 0 fully saturated rings. The van der Waals surface area contributed by atoms with Crippen LogP contribution in [0.3, 0.4) is 0 Å². The van der Waals surface area contributed by atoms with Crippen LogP contribution in [0.15, 0.2) is 71.3 Å². The molecule has 0 spiro atoms. The summed E-state index contributed by atoms with van der Waals surface area (Å²) in [5.41, 5.74) is 1.56. The minimum Gasteiger partial charge on any atom is -0.360 e. The van der Waals surface area contributed by atoms with Crippen molar-refractivity contribution in [2.45, 2.75) is 13.5 Å². The van der Waals surface area contributed by atoms with Crippen LogP contribution in [-0.4, -0.2) is 17.0 Å². The summed E-state index contributed by atoms with van der Waals surface area (Å²) in [6.45, 7) is 1.99. The smallest absolute Gasteiger partial charge is 0.317 e. The zero-order valence-corrected chi connectivity index (χ0v) is 13.7. The van der Waals surface area contributed by atoms with Crippen molar-refractivity contribution in [2.24, 2.45) is 0 Å². The first-order valence-electron chi connectivity index (χ1n) is 7.78. The van der Waals surface area contributed by atoms with Crippen LogP contribution in [0.4, 0.5) is 11.5 Å². The van der Waals surface area contributed by atoms with Gasteiger partial charge in [0.2, 0.25) is 0 Å². The van der Waals surface area contributed by atoms with Crippen LogP contribution in [0.25, 0.3) is 0 Å². The Hall–Kier alpha value is -3.41. The lowest BCUT2D eigenvalue weighted by atomic mass is 10.2. The molecule has 0 atom stereocenters. The molecule has 6 nitrogen and oxygen atoms in total. The van der Waals surface area contributed by atoms with Crippen molar-refractivity contribution in [3.05, 3.63) is 78.1 Å². The maximum Gasteiger partial charge on any atom is 0.317 e. The van der Waals surface area contributed by atoms with Gasteiger partial charge in [-0.3, -0.25) is 19.8 Å². The first-order chi connectivity index (χ1) is 12.1. The van der Waals surface area contributed by atoms with Gasteiger partial charge in [-0.15, -0.1) is 0 Å². The Morgan fingerprint density at radius 3 is 2.28 bits per heavy atom. The molecule has 0 saturated carbocycles. The molecule has 0 aliphatic carbocycles. The minimum atomic E-state index is -0.770. The number of hydrogen-bond donors (Lipinski definition) is 1. The molecule has 0 saturated heterocycles. The minimum absolute atomic E-state index is 0.212. The number of benzene rings is 2. The molecule has 25 heavy (non-hydrogen) atoms. The van der Waals surface area contributed by atoms with Gasteiger partial charge in [0.25, 0.3) is 0 Å². The number of rotatable bonds is 4. The standard InChI is InChI=1S/C19H17N3O3/c1-14-12-17(21-25-14)20-18(23)19(24)22(16-10-6-3-7-11-16)13-15-8-4-2-5-9-15/h2-12H,13H2,1H3,(H,20,21,23). The summed E-state index contributed by atoms with van der Waals surface area (Å²) in [4.78, 5) is 26.5. The number of amides is 2. The number of nitrogens with one attached hydrogen (secondary N) is 1. The van der Waals surface area contributed by atoms with Gasteiger partial charge in [0, 0.05) is 11.8 Å². The first kappa shape index (κ1) is 16.4. The number of aromatic nitrogens is 1. The molecule has 0 aliphatic heterocycles. The zero-order valence-electron chi connectivity index (χ0n) is 13.7. The summed E-state index contributed by atoms with van der Waals surface area (Å²) in [6.07, 6.45) is 0. The number of carbonyl (C=O) groups is 2. The van der Waals surface area contributed by atoms with Gasteiger partial charge in [-0.2, -0.15) is 0 Å². The fourth-order valence-electron chi connectivity index (χ4n) is 2.37. The van der Waals surface area contributed by atoms with Crippen LogP contribution >= 0.6 is 0 Å². The number of hydrogen-bond acceptors (Lipinski definition) is 4. The summed E-state index contributed by atoms with van der Waals surface area (Å²) in [7, 11) is 0. The third-order valence-corrected chi connectivity index (χ3v) is 3.56. The van der Waals surface area contributed by atoms with E-state index in [1.807, 2.05) is 48.5 Å². The lowest BCUT2D eigenvalue weighted by Gasteiger charge is -2.22. The quantitative estimate of drug-likeness (QED) is 0.743. The second kappa shape index (κ2) is 7.44. The lowest BCUT2D eigenvalue weighted by molar-refractivity contribution is -0.134. The van der Waals surface area contributed by atoms with Crippen molar-refractivity contribution >= 4 is 23.3 Å². The van der Waals surface area contributed by atoms with Gasteiger partial charge in [-0.1, -0.05) is 53.7 Å². The SMILES string of the molecule is Cc1cc(NC(=O)C(=O)N(Cc2ccccc2)c2ccccc2)no1. The Kier molecular flexibility index (Phi) is 4.89. The van der Waals surface area contributed by atoms with E-state index >= 15 is 0 Å². The molecule has 1 aromatic heterocycles. The molecule has 2 amide bonds. The number of para-hydroxylation sites is 1. The predicted molar refractivity (Wildman–Crippen MR) is 93.9 cm³/mol. The molecule has 0 bridgehead atoms. The molecule has 2 aromatic carbocycles. The number of aryl methyl sites for hydroxylation is 1. The highest BCUT2D eigenvalue weighted by atomic mass is 16.5. The number of anilines is 2. The fourth-order valence-corrected chi connectivity index (χ4v) is 2.37. The van der Waals surface area contributed by atoms with Crippen LogP contribution in [0.2, 0.25) is 0 Å². The fraction of sp³-hybridized carbons (Fsp3) is 0.105. The van der Waals surface area contributed by atoms with Gasteiger partial charge in [0.15, 0.2) is 5.82 Å². The molecule has 1 N–H and O–H groups in total. The highest BCUT2D eigenvalue weighted by Gasteiger charge is 2.24. The van der Waals surface area contributed by atoms with Crippen molar-refractivity contribution in [3.63, 3.8) is 0 Å². The van der Waals surface area contributed by atoms with E-state index in [2.05, 4.69) is 10.5 Å². The maximum atomic E-state index is 12.7. The number of carbonyl (C=O) groups excluding carboxylic acids is 2. The van der Waals surface area contributed by atoms with Crippen molar-refractivity contribution in [1.82, 2.24) is 5.16 Å². The average Bonchev–Trinajstić information content (AvgIpc) is 3.05. The summed E-state index contributed by atoms with van der Waals surface area (Å²) >= 11 is 0. The van der Waals surface area contributed by atoms with E-state index in [1.54, 1.807) is 25.1 Å². The molecule has 0 radical (unpaired) electrons. The maximum absolute atomic E-state index is 12.7. The van der Waals surface area contributed by atoms with Crippen LogP contribution in [0.1, 0.15) is 11.3 Å². The zero-order chi connectivity index (χ0) is 17.6. The van der Waals surface area contributed by atoms with Crippen molar-refractivity contribution in [1.29, 1.82) is 0 Å². The molecule has 0 aliphatic rings. The van der Waals surface area contributed by atoms with E-state index in [4.69, 9.17) is 4.52 Å². The van der Waals surface area contributed by atoms with E-state index in [-0.39, 0.29) is 12.4 Å². The monoisotopic (exact) mass is 335 g/mol. The van der Waals surface area contributed by atoms with Gasteiger partial charge >= 0.3 is 11.8 Å². The van der Waals surface area contributed by atoms with E-state index in [0.717, 1.165) is 5.56 Å². The summed E-state index contributed by atoms with van der Waals surface area (Å²) in [6, 6.07) is 20.1. The van der Waals surface area contributed by atoms with Crippen molar-refractivity contribution in [2.75, 3.05) is 10.2 Å². The van der Waals surface area contributed by atoms with E-state index < -0.39 is 11.8 Å². The molecular formula is C19H17N3O3. The van der Waals surface area contributed by atoms with E-state index in [1.165, 1.54) is 4.90 Å². The van der Waals surface area contributed by atoms with Crippen LogP contribution < -0.4 is 10.2 Å². The van der Waals surface area contributed by atoms with Crippen LogP contribution in [-0.2, 0) is 16.1 Å². The normalized spacial score (nSPS) is 10.3. The molecule has 6 heteroatoms. The lowest BCUT2D eigenvalue weighted by Crippen LogP contribution is -2.39. The third-order valence-electron chi connectivity index (χ3n) is 3.56. The van der Waals surface area contributed by atoms with E-state index in [9.17, 15) is 9.59 Å². The van der Waals surface area contributed by atoms with Crippen molar-refractivity contribution in [3.8, 4) is 0 Å². The highest BCUT2D eigenvalue weighted by molar-refractivity contribution is 6.44. The Bertz CT molecular complexity index is 860. The second-order valence-electron chi connectivity index (χ2n) is 5.49. The van der Waals surface area contributed by atoms with Gasteiger partial charge in [-0.25, -0.2) is 0 Å². The molecular weight excluding hydrogens is 318 g/mol. The van der Waals surface area contributed by atoms with E-state index in [0.29, 0.717) is 11.4 Å². The third kappa shape index (κ3) is 4.11. The van der Waals surface area contributed by atoms with Gasteiger partial charge in [0.05, 0.1) is 6.54 Å². The summed E-state index contributed by atoms with van der Waals surface area (Å²) in [5.74, 6) is -0.681. The average molecular weight is 335 g/mol. The van der Waals surface area contributed by atoms with Gasteiger partial charge in [0.1, 0.15) is 5.76 Å². The highest BCUT2D eigenvalue weighted by Crippen LogP contribution is 2.18. The Balaban J connectivity index is 1.82. The molecule has 0 unspecified atom stereocenters. The Morgan fingerprint density at radius 2 is 1.68 bits per heavy atom. The second-order valence-corrected chi connectivity index (χ2v) is 5.49. The first-order valence-corrected chi connectivity index (χ1v) is 7.78. The van der Waals surface area contributed by atoms with Crippen molar-refractivity contribution < 1.29 is 14.1 Å². The molecule has 3 rings (SSSR count). The van der Waals surface area contributed by atoms with Crippen LogP contribution in [0.5, 0.6) is 0 Å².